The molecule has 0 bridgehead atoms. The van der Waals surface area contributed by atoms with Gasteiger partial charge in [-0.25, -0.2) is 9.45 Å². The minimum absolute atomic E-state index is 0.000445. The molecule has 2 amide bonds. The Kier molecular flexibility index (Phi) is 7.51. The fourth-order valence-corrected chi connectivity index (χ4v) is 4.53. The smallest absolute Gasteiger partial charge is 0.374 e. The number of carbonyl (C=O) groups is 2. The zero-order chi connectivity index (χ0) is 28.9. The van der Waals surface area contributed by atoms with Gasteiger partial charge in [-0.1, -0.05) is 34.4 Å². The van der Waals surface area contributed by atoms with Crippen molar-refractivity contribution in [3.05, 3.63) is 68.4 Å². The normalized spacial score (nSPS) is 21.7. The molecule has 2 aliphatic rings. The van der Waals surface area contributed by atoms with Crippen LogP contribution < -0.4 is 5.32 Å². The van der Waals surface area contributed by atoms with Gasteiger partial charge in [0, 0.05) is 17.5 Å². The first kappa shape index (κ1) is 28.9. The van der Waals surface area contributed by atoms with E-state index in [1.54, 1.807) is 0 Å². The SMILES string of the molecule is Cc1cc(C2=NOC(c3cc(Cl)c(F)c(Cl)c3)(C(F)(F)F)C2)ccc1C(=O)NC1CON(CC(F)(F)F)C1=O. The van der Waals surface area contributed by atoms with Gasteiger partial charge in [-0.3, -0.25) is 14.4 Å². The third-order valence-electron chi connectivity index (χ3n) is 6.01. The molecule has 1 N–H and O–H groups in total. The minimum atomic E-state index is -5.02. The van der Waals surface area contributed by atoms with Gasteiger partial charge in [0.1, 0.15) is 19.2 Å². The second kappa shape index (κ2) is 10.1. The van der Waals surface area contributed by atoms with Gasteiger partial charge < -0.3 is 10.2 Å². The van der Waals surface area contributed by atoms with Crippen LogP contribution in [0.2, 0.25) is 10.0 Å². The summed E-state index contributed by atoms with van der Waals surface area (Å²) in [5.74, 6) is -3.00. The summed E-state index contributed by atoms with van der Waals surface area (Å²) in [7, 11) is 0. The van der Waals surface area contributed by atoms with Gasteiger partial charge in [0.15, 0.2) is 5.82 Å². The van der Waals surface area contributed by atoms with Gasteiger partial charge in [-0.05, 0) is 42.3 Å². The molecule has 7 nitrogen and oxygen atoms in total. The van der Waals surface area contributed by atoms with Crippen LogP contribution in [-0.4, -0.2) is 54.1 Å². The second-order valence-electron chi connectivity index (χ2n) is 8.73. The number of nitrogens with zero attached hydrogens (tertiary/aromatic N) is 2. The predicted molar refractivity (Wildman–Crippen MR) is 123 cm³/mol. The Labute approximate surface area is 225 Å². The Balaban J connectivity index is 1.52. The number of benzene rings is 2. The molecule has 1 saturated heterocycles. The van der Waals surface area contributed by atoms with Crippen molar-refractivity contribution in [1.29, 1.82) is 0 Å². The maximum absolute atomic E-state index is 14.2. The van der Waals surface area contributed by atoms with E-state index in [0.29, 0.717) is 0 Å². The van der Waals surface area contributed by atoms with E-state index in [1.807, 2.05) is 0 Å². The molecule has 1 fully saturated rings. The lowest BCUT2D eigenvalue weighted by Gasteiger charge is -2.29. The molecule has 0 saturated carbocycles. The largest absolute Gasteiger partial charge is 0.435 e. The number of rotatable bonds is 5. The maximum Gasteiger partial charge on any atom is 0.435 e. The van der Waals surface area contributed by atoms with Crippen LogP contribution in [0.15, 0.2) is 35.5 Å². The van der Waals surface area contributed by atoms with E-state index >= 15 is 0 Å². The van der Waals surface area contributed by atoms with E-state index in [1.165, 1.54) is 25.1 Å². The molecule has 2 aromatic rings. The zero-order valence-corrected chi connectivity index (χ0v) is 21.0. The summed E-state index contributed by atoms with van der Waals surface area (Å²) < 4.78 is 94.1. The number of oxime groups is 1. The Morgan fingerprint density at radius 2 is 1.79 bits per heavy atom. The van der Waals surface area contributed by atoms with Crippen LogP contribution in [0.4, 0.5) is 30.7 Å². The molecule has 16 heteroatoms. The number of amides is 2. The number of aryl methyl sites for hydroxylation is 1. The summed E-state index contributed by atoms with van der Waals surface area (Å²) in [6, 6.07) is 4.00. The highest BCUT2D eigenvalue weighted by Crippen LogP contribution is 2.50. The third kappa shape index (κ3) is 5.63. The van der Waals surface area contributed by atoms with Gasteiger partial charge in [0.25, 0.3) is 17.4 Å². The highest BCUT2D eigenvalue weighted by atomic mass is 35.5. The van der Waals surface area contributed by atoms with Crippen LogP contribution in [0, 0.1) is 12.7 Å². The van der Waals surface area contributed by atoms with E-state index in [0.717, 1.165) is 12.1 Å². The Bertz CT molecular complexity index is 1340. The number of halogens is 9. The molecule has 0 radical (unpaired) electrons. The summed E-state index contributed by atoms with van der Waals surface area (Å²) in [5.41, 5.74) is -3.32. The fraction of sp³-hybridized carbons (Fsp3) is 0.348. The van der Waals surface area contributed by atoms with Crippen molar-refractivity contribution in [2.24, 2.45) is 5.16 Å². The van der Waals surface area contributed by atoms with Crippen molar-refractivity contribution in [2.45, 2.75) is 37.3 Å². The molecular weight excluding hydrogens is 586 g/mol. The van der Waals surface area contributed by atoms with Crippen molar-refractivity contribution in [3.63, 3.8) is 0 Å². The van der Waals surface area contributed by atoms with E-state index in [-0.39, 0.29) is 27.5 Å². The van der Waals surface area contributed by atoms with Crippen molar-refractivity contribution >= 4 is 40.7 Å². The maximum atomic E-state index is 14.2. The van der Waals surface area contributed by atoms with E-state index in [4.69, 9.17) is 32.9 Å². The van der Waals surface area contributed by atoms with Crippen LogP contribution in [0.1, 0.15) is 33.5 Å². The molecule has 2 heterocycles. The van der Waals surface area contributed by atoms with E-state index in [9.17, 15) is 40.3 Å². The Morgan fingerprint density at radius 3 is 2.36 bits per heavy atom. The summed E-state index contributed by atoms with van der Waals surface area (Å²) in [5, 5.41) is 4.69. The number of alkyl halides is 6. The lowest BCUT2D eigenvalue weighted by Crippen LogP contribution is -2.44. The molecule has 210 valence electrons. The van der Waals surface area contributed by atoms with Crippen molar-refractivity contribution in [1.82, 2.24) is 10.4 Å². The first-order chi connectivity index (χ1) is 18.0. The number of hydroxylamine groups is 2. The molecule has 2 atom stereocenters. The molecule has 39 heavy (non-hydrogen) atoms. The molecular formula is C23H16Cl2F7N3O4. The Hall–Kier alpha value is -3.10. The second-order valence-corrected chi connectivity index (χ2v) is 9.54. The summed E-state index contributed by atoms with van der Waals surface area (Å²) in [6.07, 6.45) is -10.6. The number of nitrogens with one attached hydrogen (secondary N) is 1. The van der Waals surface area contributed by atoms with Crippen LogP contribution >= 0.6 is 23.2 Å². The topological polar surface area (TPSA) is 80.2 Å². The third-order valence-corrected chi connectivity index (χ3v) is 6.56. The van der Waals surface area contributed by atoms with Crippen LogP contribution in [-0.2, 0) is 20.1 Å². The van der Waals surface area contributed by atoms with E-state index in [2.05, 4.69) is 10.5 Å². The average Bonchev–Trinajstić information content (AvgIpc) is 3.42. The van der Waals surface area contributed by atoms with Crippen molar-refractivity contribution in [3.8, 4) is 0 Å². The van der Waals surface area contributed by atoms with Crippen LogP contribution in [0.3, 0.4) is 0 Å². The number of hydrogen-bond donors (Lipinski definition) is 1. The molecule has 2 aliphatic heterocycles. The zero-order valence-electron chi connectivity index (χ0n) is 19.5. The lowest BCUT2D eigenvalue weighted by molar-refractivity contribution is -0.275. The fourth-order valence-electron chi connectivity index (χ4n) is 4.04. The highest BCUT2D eigenvalue weighted by molar-refractivity contribution is 6.35. The van der Waals surface area contributed by atoms with Gasteiger partial charge in [-0.15, -0.1) is 0 Å². The van der Waals surface area contributed by atoms with Crippen molar-refractivity contribution < 1.29 is 50.0 Å². The van der Waals surface area contributed by atoms with Crippen molar-refractivity contribution in [2.75, 3.05) is 13.2 Å². The van der Waals surface area contributed by atoms with Gasteiger partial charge in [0.05, 0.1) is 15.8 Å². The summed E-state index contributed by atoms with van der Waals surface area (Å²) in [6.45, 7) is -0.705. The van der Waals surface area contributed by atoms with Crippen LogP contribution in [0.5, 0.6) is 0 Å². The summed E-state index contributed by atoms with van der Waals surface area (Å²) in [4.78, 5) is 34.4. The molecule has 0 spiro atoms. The highest BCUT2D eigenvalue weighted by Gasteiger charge is 2.62. The first-order valence-electron chi connectivity index (χ1n) is 10.9. The predicted octanol–water partition coefficient (Wildman–Crippen LogP) is 5.46. The molecule has 0 aromatic heterocycles. The van der Waals surface area contributed by atoms with Crippen LogP contribution in [0.25, 0.3) is 0 Å². The number of hydrogen-bond acceptors (Lipinski definition) is 5. The molecule has 2 unspecified atom stereocenters. The van der Waals surface area contributed by atoms with Gasteiger partial charge in [-0.2, -0.15) is 26.3 Å². The average molecular weight is 602 g/mol. The van der Waals surface area contributed by atoms with E-state index < -0.39 is 76.8 Å². The monoisotopic (exact) mass is 601 g/mol. The molecule has 2 aromatic carbocycles. The number of carbonyl (C=O) groups excluding carboxylic acids is 2. The minimum Gasteiger partial charge on any atom is -0.374 e. The summed E-state index contributed by atoms with van der Waals surface area (Å²) >= 11 is 11.4. The quantitative estimate of drug-likeness (QED) is 0.365. The van der Waals surface area contributed by atoms with Gasteiger partial charge >= 0.3 is 12.4 Å². The standard InChI is InChI=1S/C23H16Cl2F7N3O4/c1-10-4-11(2-3-13(10)19(36)33-17-8-38-35(20(17)37)9-22(27,28)29)16-7-21(39-34-16,23(30,31)32)12-5-14(24)18(26)15(25)6-12/h2-6,17H,7-9H2,1H3,(H,33,36). The van der Waals surface area contributed by atoms with Gasteiger partial charge in [0.2, 0.25) is 0 Å². The lowest BCUT2D eigenvalue weighted by atomic mass is 9.86. The first-order valence-corrected chi connectivity index (χ1v) is 11.7. The molecule has 4 rings (SSSR count). The molecule has 0 aliphatic carbocycles. The Morgan fingerprint density at radius 1 is 1.15 bits per heavy atom.